The van der Waals surface area contributed by atoms with Crippen LogP contribution in [0.1, 0.15) is 33.0 Å². The second-order valence-corrected chi connectivity index (χ2v) is 4.93. The topological polar surface area (TPSA) is 37.8 Å². The average molecular weight is 211 g/mol. The number of aromatic nitrogens is 2. The Morgan fingerprint density at radius 3 is 2.71 bits per heavy atom. The van der Waals surface area contributed by atoms with Gasteiger partial charge in [0, 0.05) is 23.5 Å². The number of nitrogens with one attached hydrogen (secondary N) is 1. The van der Waals surface area contributed by atoms with Gasteiger partial charge in [-0.15, -0.1) is 6.58 Å². The Bertz CT molecular complexity index is 299. The Kier molecular flexibility index (Phi) is 3.63. The van der Waals surface area contributed by atoms with Gasteiger partial charge in [-0.25, -0.2) is 4.98 Å². The van der Waals surface area contributed by atoms with E-state index in [2.05, 4.69) is 42.0 Å². The zero-order valence-electron chi connectivity index (χ0n) is 9.00. The summed E-state index contributed by atoms with van der Waals surface area (Å²) in [4.78, 5) is 4.42. The van der Waals surface area contributed by atoms with E-state index < -0.39 is 0 Å². The van der Waals surface area contributed by atoms with Gasteiger partial charge in [-0.05, 0) is 6.42 Å². The summed E-state index contributed by atoms with van der Waals surface area (Å²) in [5.74, 6) is 0.906. The molecule has 0 radical (unpaired) electrons. The summed E-state index contributed by atoms with van der Waals surface area (Å²) < 4.78 is 4.31. The SMILES string of the molecule is C=CCCNc1nc(C(C)(C)C)ns1. The fraction of sp³-hybridized carbons (Fsp3) is 0.600. The van der Waals surface area contributed by atoms with Gasteiger partial charge in [-0.2, -0.15) is 4.37 Å². The molecule has 0 saturated carbocycles. The summed E-state index contributed by atoms with van der Waals surface area (Å²) >= 11 is 1.42. The van der Waals surface area contributed by atoms with Crippen molar-refractivity contribution in [2.75, 3.05) is 11.9 Å². The van der Waals surface area contributed by atoms with Crippen molar-refractivity contribution in [2.24, 2.45) is 0 Å². The molecule has 0 fully saturated rings. The fourth-order valence-electron chi connectivity index (χ4n) is 0.881. The largest absolute Gasteiger partial charge is 0.360 e. The van der Waals surface area contributed by atoms with Gasteiger partial charge in [0.2, 0.25) is 5.13 Å². The molecule has 0 spiro atoms. The molecule has 0 aliphatic rings. The lowest BCUT2D eigenvalue weighted by Crippen LogP contribution is -2.13. The smallest absolute Gasteiger partial charge is 0.202 e. The molecule has 1 aromatic heterocycles. The highest BCUT2D eigenvalue weighted by Crippen LogP contribution is 2.22. The lowest BCUT2D eigenvalue weighted by Gasteiger charge is -2.12. The maximum atomic E-state index is 4.42. The molecule has 1 rings (SSSR count). The van der Waals surface area contributed by atoms with Crippen LogP contribution in [0.5, 0.6) is 0 Å². The summed E-state index contributed by atoms with van der Waals surface area (Å²) in [6.07, 6.45) is 2.84. The Labute approximate surface area is 89.4 Å². The highest BCUT2D eigenvalue weighted by atomic mass is 32.1. The Morgan fingerprint density at radius 2 is 2.21 bits per heavy atom. The summed E-state index contributed by atoms with van der Waals surface area (Å²) in [5, 5.41) is 4.11. The van der Waals surface area contributed by atoms with Gasteiger partial charge in [-0.1, -0.05) is 26.8 Å². The molecule has 0 unspecified atom stereocenters. The van der Waals surface area contributed by atoms with Gasteiger partial charge >= 0.3 is 0 Å². The highest BCUT2D eigenvalue weighted by Gasteiger charge is 2.19. The molecule has 0 bridgehead atoms. The number of anilines is 1. The number of nitrogens with zero attached hydrogens (tertiary/aromatic N) is 2. The standard InChI is InChI=1S/C10H17N3S/c1-5-6-7-11-9-12-8(13-14-9)10(2,3)4/h5H,1,6-7H2,2-4H3,(H,11,12,13). The van der Waals surface area contributed by atoms with Crippen LogP contribution in [-0.4, -0.2) is 15.9 Å². The van der Waals surface area contributed by atoms with Gasteiger partial charge in [0.25, 0.3) is 0 Å². The van der Waals surface area contributed by atoms with Crippen molar-refractivity contribution >= 4 is 16.7 Å². The third kappa shape index (κ3) is 3.10. The molecule has 1 heterocycles. The van der Waals surface area contributed by atoms with Gasteiger partial charge < -0.3 is 5.32 Å². The number of hydrogen-bond donors (Lipinski definition) is 1. The minimum Gasteiger partial charge on any atom is -0.360 e. The second-order valence-electron chi connectivity index (χ2n) is 4.18. The lowest BCUT2D eigenvalue weighted by atomic mass is 9.96. The van der Waals surface area contributed by atoms with E-state index >= 15 is 0 Å². The van der Waals surface area contributed by atoms with Crippen LogP contribution < -0.4 is 5.32 Å². The van der Waals surface area contributed by atoms with Crippen LogP contribution >= 0.6 is 11.5 Å². The van der Waals surface area contributed by atoms with E-state index in [1.807, 2.05) is 6.08 Å². The van der Waals surface area contributed by atoms with Crippen LogP contribution in [0.3, 0.4) is 0 Å². The molecule has 78 valence electrons. The first-order valence-corrected chi connectivity index (χ1v) is 5.50. The van der Waals surface area contributed by atoms with Crippen LogP contribution in [0.2, 0.25) is 0 Å². The Balaban J connectivity index is 2.55. The normalized spacial score (nSPS) is 11.4. The first-order valence-electron chi connectivity index (χ1n) is 4.73. The van der Waals surface area contributed by atoms with Crippen LogP contribution in [-0.2, 0) is 5.41 Å². The van der Waals surface area contributed by atoms with Crippen molar-refractivity contribution < 1.29 is 0 Å². The van der Waals surface area contributed by atoms with Crippen molar-refractivity contribution in [3.8, 4) is 0 Å². The Hall–Kier alpha value is -0.900. The van der Waals surface area contributed by atoms with Crippen molar-refractivity contribution in [1.82, 2.24) is 9.36 Å². The Morgan fingerprint density at radius 1 is 1.50 bits per heavy atom. The van der Waals surface area contributed by atoms with Gasteiger partial charge in [0.05, 0.1) is 0 Å². The zero-order valence-corrected chi connectivity index (χ0v) is 9.82. The van der Waals surface area contributed by atoms with Gasteiger partial charge in [0.1, 0.15) is 5.82 Å². The first-order chi connectivity index (χ1) is 6.54. The maximum absolute atomic E-state index is 4.42. The average Bonchev–Trinajstić information content (AvgIpc) is 2.52. The maximum Gasteiger partial charge on any atom is 0.202 e. The number of rotatable bonds is 4. The molecule has 1 N–H and O–H groups in total. The van der Waals surface area contributed by atoms with Crippen molar-refractivity contribution in [3.63, 3.8) is 0 Å². The molecule has 0 aliphatic carbocycles. The number of hydrogen-bond acceptors (Lipinski definition) is 4. The highest BCUT2D eigenvalue weighted by molar-refractivity contribution is 7.09. The molecule has 0 saturated heterocycles. The van der Waals surface area contributed by atoms with E-state index in [4.69, 9.17) is 0 Å². The second kappa shape index (κ2) is 4.55. The summed E-state index contributed by atoms with van der Waals surface area (Å²) in [6.45, 7) is 10.9. The summed E-state index contributed by atoms with van der Waals surface area (Å²) in [6, 6.07) is 0. The molecular weight excluding hydrogens is 194 g/mol. The van der Waals surface area contributed by atoms with Gasteiger partial charge in [-0.3, -0.25) is 0 Å². The van der Waals surface area contributed by atoms with E-state index in [0.29, 0.717) is 0 Å². The molecule has 0 amide bonds. The van der Waals surface area contributed by atoms with Crippen LogP contribution in [0.15, 0.2) is 12.7 Å². The molecule has 3 nitrogen and oxygen atoms in total. The molecule has 0 aliphatic heterocycles. The predicted octanol–water partition coefficient (Wildman–Crippen LogP) is 2.82. The summed E-state index contributed by atoms with van der Waals surface area (Å²) in [5.41, 5.74) is 0.0366. The van der Waals surface area contributed by atoms with Crippen molar-refractivity contribution in [1.29, 1.82) is 0 Å². The van der Waals surface area contributed by atoms with Crippen LogP contribution in [0.25, 0.3) is 0 Å². The molecule has 0 atom stereocenters. The summed E-state index contributed by atoms with van der Waals surface area (Å²) in [7, 11) is 0. The predicted molar refractivity (Wildman–Crippen MR) is 61.9 cm³/mol. The minimum atomic E-state index is 0.0366. The fourth-order valence-corrected chi connectivity index (χ4v) is 1.66. The molecule has 0 aromatic carbocycles. The first kappa shape index (κ1) is 11.2. The van der Waals surface area contributed by atoms with E-state index in [1.165, 1.54) is 11.5 Å². The molecule has 1 aromatic rings. The van der Waals surface area contributed by atoms with E-state index in [-0.39, 0.29) is 5.41 Å². The molecule has 14 heavy (non-hydrogen) atoms. The quantitative estimate of drug-likeness (QED) is 0.614. The van der Waals surface area contributed by atoms with E-state index in [0.717, 1.165) is 23.9 Å². The van der Waals surface area contributed by atoms with E-state index in [9.17, 15) is 0 Å². The van der Waals surface area contributed by atoms with Crippen molar-refractivity contribution in [2.45, 2.75) is 32.6 Å². The third-order valence-electron chi connectivity index (χ3n) is 1.72. The van der Waals surface area contributed by atoms with E-state index in [1.54, 1.807) is 0 Å². The third-order valence-corrected chi connectivity index (χ3v) is 2.39. The minimum absolute atomic E-state index is 0.0366. The van der Waals surface area contributed by atoms with Crippen LogP contribution in [0, 0.1) is 0 Å². The lowest BCUT2D eigenvalue weighted by molar-refractivity contribution is 0.555. The zero-order chi connectivity index (χ0) is 10.6. The van der Waals surface area contributed by atoms with Crippen LogP contribution in [0.4, 0.5) is 5.13 Å². The molecular formula is C10H17N3S. The monoisotopic (exact) mass is 211 g/mol. The van der Waals surface area contributed by atoms with Gasteiger partial charge in [0.15, 0.2) is 0 Å². The van der Waals surface area contributed by atoms with Crippen molar-refractivity contribution in [3.05, 3.63) is 18.5 Å². The molecule has 4 heteroatoms.